The average Bonchev–Trinajstić information content (AvgIpc) is 3.24. The van der Waals surface area contributed by atoms with Gasteiger partial charge in [0.05, 0.1) is 25.7 Å². The predicted molar refractivity (Wildman–Crippen MR) is 131 cm³/mol. The molecule has 176 valence electrons. The minimum absolute atomic E-state index is 0.00621. The highest BCUT2D eigenvalue weighted by molar-refractivity contribution is 5.89. The van der Waals surface area contributed by atoms with E-state index in [-0.39, 0.29) is 30.2 Å². The zero-order valence-corrected chi connectivity index (χ0v) is 19.6. The van der Waals surface area contributed by atoms with E-state index in [0.717, 1.165) is 28.2 Å². The van der Waals surface area contributed by atoms with Crippen LogP contribution in [0, 0.1) is 5.92 Å². The number of rotatable bonds is 9. The van der Waals surface area contributed by atoms with Gasteiger partial charge in [-0.2, -0.15) is 0 Å². The number of ether oxygens (including phenoxy) is 2. The van der Waals surface area contributed by atoms with E-state index in [0.29, 0.717) is 19.7 Å². The van der Waals surface area contributed by atoms with Crippen LogP contribution < -0.4 is 14.8 Å². The maximum absolute atomic E-state index is 13.3. The number of carbonyl (C=O) groups is 2. The number of benzene rings is 3. The summed E-state index contributed by atoms with van der Waals surface area (Å²) in [7, 11) is 1.62. The Kier molecular flexibility index (Phi) is 7.48. The normalized spacial score (nSPS) is 16.2. The van der Waals surface area contributed by atoms with Crippen LogP contribution in [-0.4, -0.2) is 37.0 Å². The number of hydrogen-bond acceptors (Lipinski definition) is 4. The molecule has 6 heteroatoms. The first-order valence-electron chi connectivity index (χ1n) is 11.6. The largest absolute Gasteiger partial charge is 0.497 e. The van der Waals surface area contributed by atoms with Gasteiger partial charge in [-0.25, -0.2) is 0 Å². The summed E-state index contributed by atoms with van der Waals surface area (Å²) in [5.74, 6) is 1.05. The SMILES string of the molecule is CCOc1ccc(C(NC(=O)C2CC(=O)N(Cc3ccc(OC)cc3)C2)c2ccccc2)cc1. The van der Waals surface area contributed by atoms with Crippen molar-refractivity contribution in [3.63, 3.8) is 0 Å². The number of nitrogens with zero attached hydrogens (tertiary/aromatic N) is 1. The van der Waals surface area contributed by atoms with Crippen molar-refractivity contribution in [2.24, 2.45) is 5.92 Å². The van der Waals surface area contributed by atoms with E-state index < -0.39 is 0 Å². The smallest absolute Gasteiger partial charge is 0.226 e. The third-order valence-corrected chi connectivity index (χ3v) is 6.06. The molecule has 1 saturated heterocycles. The first-order chi connectivity index (χ1) is 16.6. The van der Waals surface area contributed by atoms with Gasteiger partial charge in [-0.05, 0) is 47.9 Å². The molecule has 0 bridgehead atoms. The van der Waals surface area contributed by atoms with Crippen LogP contribution in [-0.2, 0) is 16.1 Å². The lowest BCUT2D eigenvalue weighted by Gasteiger charge is -2.22. The molecule has 0 spiro atoms. The molecule has 0 aliphatic carbocycles. The summed E-state index contributed by atoms with van der Waals surface area (Å²) in [5, 5.41) is 3.19. The molecule has 1 fully saturated rings. The summed E-state index contributed by atoms with van der Waals surface area (Å²) < 4.78 is 10.8. The molecule has 34 heavy (non-hydrogen) atoms. The Morgan fingerprint density at radius 3 is 2.26 bits per heavy atom. The summed E-state index contributed by atoms with van der Waals surface area (Å²) in [6.45, 7) is 3.43. The van der Waals surface area contributed by atoms with Gasteiger partial charge in [0.2, 0.25) is 11.8 Å². The fourth-order valence-electron chi connectivity index (χ4n) is 4.24. The maximum Gasteiger partial charge on any atom is 0.226 e. The molecule has 0 saturated carbocycles. The van der Waals surface area contributed by atoms with Crippen LogP contribution in [0.5, 0.6) is 11.5 Å². The number of hydrogen-bond donors (Lipinski definition) is 1. The van der Waals surface area contributed by atoms with Gasteiger partial charge < -0.3 is 19.7 Å². The Labute approximate surface area is 200 Å². The van der Waals surface area contributed by atoms with Crippen molar-refractivity contribution in [3.8, 4) is 11.5 Å². The van der Waals surface area contributed by atoms with E-state index in [1.54, 1.807) is 12.0 Å². The minimum atomic E-state index is -0.389. The van der Waals surface area contributed by atoms with E-state index in [1.807, 2.05) is 85.8 Å². The molecule has 0 aromatic heterocycles. The Morgan fingerprint density at radius 2 is 1.62 bits per heavy atom. The lowest BCUT2D eigenvalue weighted by atomic mass is 9.97. The number of carbonyl (C=O) groups excluding carboxylic acids is 2. The summed E-state index contributed by atoms with van der Waals surface area (Å²) in [6, 6.07) is 25.0. The molecule has 1 heterocycles. The van der Waals surface area contributed by atoms with E-state index in [2.05, 4.69) is 5.32 Å². The van der Waals surface area contributed by atoms with E-state index in [9.17, 15) is 9.59 Å². The molecule has 2 unspecified atom stereocenters. The van der Waals surface area contributed by atoms with Gasteiger partial charge in [-0.3, -0.25) is 9.59 Å². The summed E-state index contributed by atoms with van der Waals surface area (Å²) in [5.41, 5.74) is 2.95. The second-order valence-corrected chi connectivity index (χ2v) is 8.38. The summed E-state index contributed by atoms with van der Waals surface area (Å²) >= 11 is 0. The molecule has 1 N–H and O–H groups in total. The van der Waals surface area contributed by atoms with Gasteiger partial charge >= 0.3 is 0 Å². The monoisotopic (exact) mass is 458 g/mol. The molecule has 3 aromatic carbocycles. The predicted octanol–water partition coefficient (Wildman–Crippen LogP) is 4.35. The lowest BCUT2D eigenvalue weighted by Crippen LogP contribution is -2.36. The van der Waals surface area contributed by atoms with Gasteiger partial charge in [0, 0.05) is 19.5 Å². The molecule has 0 radical (unpaired) electrons. The van der Waals surface area contributed by atoms with Crippen LogP contribution in [0.1, 0.15) is 36.1 Å². The van der Waals surface area contributed by atoms with Gasteiger partial charge in [-0.15, -0.1) is 0 Å². The van der Waals surface area contributed by atoms with Gasteiger partial charge in [0.1, 0.15) is 11.5 Å². The number of likely N-dealkylation sites (tertiary alicyclic amines) is 1. The van der Waals surface area contributed by atoms with Crippen LogP contribution in [0.25, 0.3) is 0 Å². The van der Waals surface area contributed by atoms with Gasteiger partial charge in [0.25, 0.3) is 0 Å². The Bertz CT molecular complexity index is 1100. The van der Waals surface area contributed by atoms with Crippen LogP contribution in [0.2, 0.25) is 0 Å². The van der Waals surface area contributed by atoms with Crippen molar-refractivity contribution in [3.05, 3.63) is 95.6 Å². The molecular formula is C28H30N2O4. The third-order valence-electron chi connectivity index (χ3n) is 6.06. The van der Waals surface area contributed by atoms with Gasteiger partial charge in [0.15, 0.2) is 0 Å². The second-order valence-electron chi connectivity index (χ2n) is 8.38. The fourth-order valence-corrected chi connectivity index (χ4v) is 4.24. The molecule has 2 atom stereocenters. The number of methoxy groups -OCH3 is 1. The van der Waals surface area contributed by atoms with Crippen LogP contribution in [0.3, 0.4) is 0 Å². The first-order valence-corrected chi connectivity index (χ1v) is 11.6. The Balaban J connectivity index is 1.46. The third kappa shape index (κ3) is 5.57. The average molecular weight is 459 g/mol. The first kappa shape index (κ1) is 23.4. The zero-order valence-electron chi connectivity index (χ0n) is 19.6. The number of amides is 2. The molecular weight excluding hydrogens is 428 g/mol. The van der Waals surface area contributed by atoms with E-state index in [1.165, 1.54) is 0 Å². The zero-order chi connectivity index (χ0) is 23.9. The standard InChI is InChI=1S/C28H30N2O4/c1-3-34-25-15-11-22(12-16-25)27(21-7-5-4-6-8-21)29-28(32)23-17-26(31)30(19-23)18-20-9-13-24(33-2)14-10-20/h4-16,23,27H,3,17-19H2,1-2H3,(H,29,32). The highest BCUT2D eigenvalue weighted by Gasteiger charge is 2.35. The topological polar surface area (TPSA) is 67.9 Å². The van der Waals surface area contributed by atoms with Crippen molar-refractivity contribution in [1.82, 2.24) is 10.2 Å². The minimum Gasteiger partial charge on any atom is -0.497 e. The maximum atomic E-state index is 13.3. The lowest BCUT2D eigenvalue weighted by molar-refractivity contribution is -0.129. The summed E-state index contributed by atoms with van der Waals surface area (Å²) in [4.78, 5) is 27.7. The highest BCUT2D eigenvalue weighted by Crippen LogP contribution is 2.27. The Morgan fingerprint density at radius 1 is 0.971 bits per heavy atom. The molecule has 3 aromatic rings. The fraction of sp³-hybridized carbons (Fsp3) is 0.286. The van der Waals surface area contributed by atoms with Crippen LogP contribution >= 0.6 is 0 Å². The number of nitrogens with one attached hydrogen (secondary N) is 1. The molecule has 2 amide bonds. The van der Waals surface area contributed by atoms with Crippen molar-refractivity contribution in [1.29, 1.82) is 0 Å². The van der Waals surface area contributed by atoms with Crippen molar-refractivity contribution in [2.75, 3.05) is 20.3 Å². The molecule has 1 aliphatic rings. The molecule has 4 rings (SSSR count). The molecule has 1 aliphatic heterocycles. The van der Waals surface area contributed by atoms with E-state index in [4.69, 9.17) is 9.47 Å². The van der Waals surface area contributed by atoms with Crippen molar-refractivity contribution < 1.29 is 19.1 Å². The quantitative estimate of drug-likeness (QED) is 0.518. The highest BCUT2D eigenvalue weighted by atomic mass is 16.5. The second kappa shape index (κ2) is 10.9. The van der Waals surface area contributed by atoms with Gasteiger partial charge in [-0.1, -0.05) is 54.6 Å². The van der Waals surface area contributed by atoms with Crippen LogP contribution in [0.4, 0.5) is 0 Å². The Hall–Kier alpha value is -3.80. The van der Waals surface area contributed by atoms with Crippen LogP contribution in [0.15, 0.2) is 78.9 Å². The van der Waals surface area contributed by atoms with Crippen molar-refractivity contribution >= 4 is 11.8 Å². The molecule has 6 nitrogen and oxygen atoms in total. The summed E-state index contributed by atoms with van der Waals surface area (Å²) in [6.07, 6.45) is 0.215. The van der Waals surface area contributed by atoms with E-state index >= 15 is 0 Å². The van der Waals surface area contributed by atoms with Crippen molar-refractivity contribution in [2.45, 2.75) is 25.9 Å².